The van der Waals surface area contributed by atoms with Crippen molar-refractivity contribution in [3.8, 4) is 23.0 Å². The van der Waals surface area contributed by atoms with Gasteiger partial charge in [0.25, 0.3) is 0 Å². The molecule has 0 radical (unpaired) electrons. The van der Waals surface area contributed by atoms with Crippen molar-refractivity contribution in [2.45, 2.75) is 6.92 Å². The Morgan fingerprint density at radius 1 is 1.08 bits per heavy atom. The van der Waals surface area contributed by atoms with Crippen LogP contribution in [0.2, 0.25) is 0 Å². The van der Waals surface area contributed by atoms with Crippen LogP contribution in [-0.2, 0) is 0 Å². The molecule has 5 nitrogen and oxygen atoms in total. The molecule has 1 heterocycles. The van der Waals surface area contributed by atoms with Crippen LogP contribution in [0.25, 0.3) is 6.08 Å². The first-order chi connectivity index (χ1) is 11.6. The molecule has 2 aromatic rings. The molecule has 0 atom stereocenters. The molecular formula is C19H18O5. The topological polar surface area (TPSA) is 54.0 Å². The van der Waals surface area contributed by atoms with Crippen molar-refractivity contribution in [2.75, 3.05) is 21.0 Å². The molecule has 0 unspecified atom stereocenters. The Balaban J connectivity index is 1.94. The third kappa shape index (κ3) is 2.93. The lowest BCUT2D eigenvalue weighted by Crippen LogP contribution is -1.96. The SMILES string of the molecule is COc1cc(C=CC(=O)c2ccc(C)cc2)c(OC)c2c1OCO2. The predicted octanol–water partition coefficient (Wildman–Crippen LogP) is 3.64. The van der Waals surface area contributed by atoms with Gasteiger partial charge in [0, 0.05) is 11.1 Å². The van der Waals surface area contributed by atoms with Gasteiger partial charge in [-0.05, 0) is 25.1 Å². The second kappa shape index (κ2) is 6.66. The van der Waals surface area contributed by atoms with Crippen molar-refractivity contribution in [1.29, 1.82) is 0 Å². The average Bonchev–Trinajstić information content (AvgIpc) is 3.08. The van der Waals surface area contributed by atoms with Gasteiger partial charge in [-0.15, -0.1) is 0 Å². The maximum Gasteiger partial charge on any atom is 0.231 e. The Labute approximate surface area is 140 Å². The first-order valence-electron chi connectivity index (χ1n) is 7.47. The maximum atomic E-state index is 12.3. The molecule has 24 heavy (non-hydrogen) atoms. The lowest BCUT2D eigenvalue weighted by atomic mass is 10.1. The van der Waals surface area contributed by atoms with E-state index in [0.29, 0.717) is 34.1 Å². The van der Waals surface area contributed by atoms with E-state index in [1.165, 1.54) is 6.08 Å². The van der Waals surface area contributed by atoms with Crippen molar-refractivity contribution in [1.82, 2.24) is 0 Å². The van der Waals surface area contributed by atoms with Gasteiger partial charge in [0.1, 0.15) is 0 Å². The summed E-state index contributed by atoms with van der Waals surface area (Å²) in [5.41, 5.74) is 2.42. The molecule has 0 bridgehead atoms. The highest BCUT2D eigenvalue weighted by Crippen LogP contribution is 2.49. The number of hydrogen-bond acceptors (Lipinski definition) is 5. The first kappa shape index (κ1) is 15.9. The van der Waals surface area contributed by atoms with E-state index in [1.807, 2.05) is 19.1 Å². The van der Waals surface area contributed by atoms with E-state index in [0.717, 1.165) is 5.56 Å². The van der Waals surface area contributed by atoms with E-state index in [1.54, 1.807) is 38.5 Å². The van der Waals surface area contributed by atoms with Gasteiger partial charge in [0.15, 0.2) is 17.3 Å². The zero-order valence-electron chi connectivity index (χ0n) is 13.8. The van der Waals surface area contributed by atoms with Crippen LogP contribution in [0.15, 0.2) is 36.4 Å². The van der Waals surface area contributed by atoms with Gasteiger partial charge in [-0.25, -0.2) is 0 Å². The summed E-state index contributed by atoms with van der Waals surface area (Å²) in [7, 11) is 3.09. The summed E-state index contributed by atoms with van der Waals surface area (Å²) in [4.78, 5) is 12.3. The number of carbonyl (C=O) groups excluding carboxylic acids is 1. The van der Waals surface area contributed by atoms with Crippen LogP contribution in [0.4, 0.5) is 0 Å². The number of ether oxygens (including phenoxy) is 4. The van der Waals surface area contributed by atoms with Gasteiger partial charge >= 0.3 is 0 Å². The van der Waals surface area contributed by atoms with Gasteiger partial charge in [0.2, 0.25) is 18.3 Å². The monoisotopic (exact) mass is 326 g/mol. The van der Waals surface area contributed by atoms with E-state index >= 15 is 0 Å². The fourth-order valence-corrected chi connectivity index (χ4v) is 2.50. The largest absolute Gasteiger partial charge is 0.493 e. The zero-order chi connectivity index (χ0) is 17.1. The number of aryl methyl sites for hydroxylation is 1. The van der Waals surface area contributed by atoms with E-state index in [4.69, 9.17) is 18.9 Å². The van der Waals surface area contributed by atoms with Crippen LogP contribution in [0.3, 0.4) is 0 Å². The number of methoxy groups -OCH3 is 2. The summed E-state index contributed by atoms with van der Waals surface area (Å²) in [6.45, 7) is 2.09. The molecule has 0 aromatic heterocycles. The summed E-state index contributed by atoms with van der Waals surface area (Å²) >= 11 is 0. The van der Waals surface area contributed by atoms with E-state index < -0.39 is 0 Å². The molecule has 0 spiro atoms. The Bertz CT molecular complexity index is 790. The maximum absolute atomic E-state index is 12.3. The highest BCUT2D eigenvalue weighted by atomic mass is 16.7. The first-order valence-corrected chi connectivity index (χ1v) is 7.47. The molecule has 0 amide bonds. The van der Waals surface area contributed by atoms with E-state index in [-0.39, 0.29) is 12.6 Å². The highest BCUT2D eigenvalue weighted by molar-refractivity contribution is 6.07. The normalized spacial score (nSPS) is 12.5. The summed E-state index contributed by atoms with van der Waals surface area (Å²) in [6.07, 6.45) is 3.19. The standard InChI is InChI=1S/C19H18O5/c1-12-4-6-13(7-5-12)15(20)9-8-14-10-16(21-2)18-19(17(14)22-3)24-11-23-18/h4-10H,11H2,1-3H3. The molecule has 0 fully saturated rings. The average molecular weight is 326 g/mol. The molecule has 1 aliphatic rings. The number of fused-ring (bicyclic) bond motifs is 1. The van der Waals surface area contributed by atoms with Crippen LogP contribution < -0.4 is 18.9 Å². The molecule has 2 aromatic carbocycles. The van der Waals surface area contributed by atoms with Crippen molar-refractivity contribution < 1.29 is 23.7 Å². The molecule has 1 aliphatic heterocycles. The van der Waals surface area contributed by atoms with Crippen LogP contribution in [-0.4, -0.2) is 26.8 Å². The summed E-state index contributed by atoms with van der Waals surface area (Å²) in [5.74, 6) is 1.95. The number of allylic oxidation sites excluding steroid dienone is 1. The fraction of sp³-hybridized carbons (Fsp3) is 0.211. The van der Waals surface area contributed by atoms with Gasteiger partial charge in [-0.1, -0.05) is 29.8 Å². The third-order valence-corrected chi connectivity index (χ3v) is 3.77. The summed E-state index contributed by atoms with van der Waals surface area (Å²) < 4.78 is 21.6. The van der Waals surface area contributed by atoms with E-state index in [9.17, 15) is 4.79 Å². The van der Waals surface area contributed by atoms with Crippen LogP contribution in [0.5, 0.6) is 23.0 Å². The molecular weight excluding hydrogens is 308 g/mol. The number of hydrogen-bond donors (Lipinski definition) is 0. The van der Waals surface area contributed by atoms with Crippen LogP contribution in [0, 0.1) is 6.92 Å². The molecule has 0 aliphatic carbocycles. The van der Waals surface area contributed by atoms with E-state index in [2.05, 4.69) is 0 Å². The fourth-order valence-electron chi connectivity index (χ4n) is 2.50. The van der Waals surface area contributed by atoms with Crippen molar-refractivity contribution >= 4 is 11.9 Å². The summed E-state index contributed by atoms with van der Waals surface area (Å²) in [5, 5.41) is 0. The number of ketones is 1. The van der Waals surface area contributed by atoms with Gasteiger partial charge in [-0.2, -0.15) is 0 Å². The second-order valence-electron chi connectivity index (χ2n) is 5.33. The smallest absolute Gasteiger partial charge is 0.231 e. The van der Waals surface area contributed by atoms with Crippen molar-refractivity contribution in [3.05, 3.63) is 53.1 Å². The molecule has 3 rings (SSSR count). The minimum atomic E-state index is -0.0892. The van der Waals surface area contributed by atoms with Crippen LogP contribution >= 0.6 is 0 Å². The third-order valence-electron chi connectivity index (χ3n) is 3.77. The Morgan fingerprint density at radius 2 is 1.79 bits per heavy atom. The molecule has 0 N–H and O–H groups in total. The lowest BCUT2D eigenvalue weighted by Gasteiger charge is -2.11. The molecule has 0 saturated heterocycles. The van der Waals surface area contributed by atoms with Gasteiger partial charge in [-0.3, -0.25) is 4.79 Å². The summed E-state index contributed by atoms with van der Waals surface area (Å²) in [6, 6.07) is 9.18. The lowest BCUT2D eigenvalue weighted by molar-refractivity contribution is 0.104. The minimum Gasteiger partial charge on any atom is -0.493 e. The second-order valence-corrected chi connectivity index (χ2v) is 5.33. The van der Waals surface area contributed by atoms with Crippen LogP contribution in [0.1, 0.15) is 21.5 Å². The number of rotatable bonds is 5. The number of carbonyl (C=O) groups is 1. The highest BCUT2D eigenvalue weighted by Gasteiger charge is 2.26. The quantitative estimate of drug-likeness (QED) is 0.620. The Kier molecular flexibility index (Phi) is 4.42. The molecule has 5 heteroatoms. The molecule has 0 saturated carbocycles. The predicted molar refractivity (Wildman–Crippen MR) is 90.2 cm³/mol. The van der Waals surface area contributed by atoms with Gasteiger partial charge < -0.3 is 18.9 Å². The van der Waals surface area contributed by atoms with Gasteiger partial charge in [0.05, 0.1) is 14.2 Å². The Hall–Kier alpha value is -2.95. The van der Waals surface area contributed by atoms with Crippen molar-refractivity contribution in [3.63, 3.8) is 0 Å². The molecule has 124 valence electrons. The minimum absolute atomic E-state index is 0.0892. The van der Waals surface area contributed by atoms with Crippen molar-refractivity contribution in [2.24, 2.45) is 0 Å². The Morgan fingerprint density at radius 3 is 2.46 bits per heavy atom. The zero-order valence-corrected chi connectivity index (χ0v) is 13.8. The number of benzene rings is 2.